The SMILES string of the molecule is Cn1cccc1C1COCCN1C(=O)Cc1c[nH]c2ccccc12. The zero-order valence-electron chi connectivity index (χ0n) is 13.7. The van der Waals surface area contributed by atoms with Gasteiger partial charge in [0.2, 0.25) is 5.91 Å². The summed E-state index contributed by atoms with van der Waals surface area (Å²) in [7, 11) is 2.01. The summed E-state index contributed by atoms with van der Waals surface area (Å²) in [6.45, 7) is 1.79. The fourth-order valence-electron chi connectivity index (χ4n) is 3.51. The van der Waals surface area contributed by atoms with Crippen molar-refractivity contribution in [3.05, 3.63) is 60.0 Å². The molecule has 0 saturated carbocycles. The van der Waals surface area contributed by atoms with Gasteiger partial charge in [-0.15, -0.1) is 0 Å². The van der Waals surface area contributed by atoms with E-state index >= 15 is 0 Å². The van der Waals surface area contributed by atoms with Gasteiger partial charge in [0, 0.05) is 42.6 Å². The molecule has 24 heavy (non-hydrogen) atoms. The number of ether oxygens (including phenoxy) is 1. The number of amides is 1. The van der Waals surface area contributed by atoms with E-state index in [4.69, 9.17) is 4.74 Å². The highest BCUT2D eigenvalue weighted by atomic mass is 16.5. The van der Waals surface area contributed by atoms with Gasteiger partial charge in [0.15, 0.2) is 0 Å². The van der Waals surface area contributed by atoms with Crippen molar-refractivity contribution in [2.45, 2.75) is 12.5 Å². The maximum absolute atomic E-state index is 13.0. The highest BCUT2D eigenvalue weighted by molar-refractivity contribution is 5.89. The molecule has 1 amide bonds. The fraction of sp³-hybridized carbons (Fsp3) is 0.316. The predicted octanol–water partition coefficient (Wildman–Crippen LogP) is 2.65. The molecule has 5 heteroatoms. The summed E-state index contributed by atoms with van der Waals surface area (Å²) in [4.78, 5) is 18.2. The number of nitrogens with zero attached hydrogens (tertiary/aromatic N) is 2. The first-order valence-corrected chi connectivity index (χ1v) is 8.27. The molecule has 1 fully saturated rings. The topological polar surface area (TPSA) is 50.3 Å². The monoisotopic (exact) mass is 323 g/mol. The standard InChI is InChI=1S/C19H21N3O2/c1-21-8-4-7-17(21)18-13-24-10-9-22(18)19(23)11-14-12-20-16-6-3-2-5-15(14)16/h2-8,12,18,20H,9-11,13H2,1H3. The van der Waals surface area contributed by atoms with Crippen molar-refractivity contribution in [2.24, 2.45) is 7.05 Å². The summed E-state index contributed by atoms with van der Waals surface area (Å²) in [6.07, 6.45) is 4.36. The van der Waals surface area contributed by atoms with Crippen molar-refractivity contribution < 1.29 is 9.53 Å². The maximum atomic E-state index is 13.0. The zero-order chi connectivity index (χ0) is 16.5. The number of benzene rings is 1. The first-order valence-electron chi connectivity index (χ1n) is 8.27. The van der Waals surface area contributed by atoms with Crippen molar-refractivity contribution in [2.75, 3.05) is 19.8 Å². The molecule has 1 atom stereocenters. The first-order chi connectivity index (χ1) is 11.7. The average Bonchev–Trinajstić information content (AvgIpc) is 3.21. The molecule has 1 saturated heterocycles. The number of hydrogen-bond donors (Lipinski definition) is 1. The number of aromatic amines is 1. The van der Waals surface area contributed by atoms with Crippen LogP contribution in [0.3, 0.4) is 0 Å². The smallest absolute Gasteiger partial charge is 0.227 e. The lowest BCUT2D eigenvalue weighted by Gasteiger charge is -2.36. The van der Waals surface area contributed by atoms with E-state index in [1.807, 2.05) is 48.6 Å². The second kappa shape index (κ2) is 6.17. The van der Waals surface area contributed by atoms with E-state index in [1.54, 1.807) is 0 Å². The minimum absolute atomic E-state index is 0.0172. The van der Waals surface area contributed by atoms with E-state index in [0.29, 0.717) is 26.2 Å². The zero-order valence-corrected chi connectivity index (χ0v) is 13.7. The third-order valence-corrected chi connectivity index (χ3v) is 4.79. The lowest BCUT2D eigenvalue weighted by molar-refractivity contribution is -0.139. The lowest BCUT2D eigenvalue weighted by Crippen LogP contribution is -2.44. The van der Waals surface area contributed by atoms with Gasteiger partial charge in [0.05, 0.1) is 25.7 Å². The largest absolute Gasteiger partial charge is 0.377 e. The molecule has 2 aromatic heterocycles. The normalized spacial score (nSPS) is 18.2. The molecular weight excluding hydrogens is 302 g/mol. The molecule has 1 aliphatic rings. The molecule has 124 valence electrons. The number of fused-ring (bicyclic) bond motifs is 1. The van der Waals surface area contributed by atoms with Crippen LogP contribution >= 0.6 is 0 Å². The number of carbonyl (C=O) groups is 1. The van der Waals surface area contributed by atoms with E-state index in [0.717, 1.165) is 22.2 Å². The third kappa shape index (κ3) is 2.61. The van der Waals surface area contributed by atoms with Crippen LogP contribution in [0.2, 0.25) is 0 Å². The number of morpholine rings is 1. The Hall–Kier alpha value is -2.53. The third-order valence-electron chi connectivity index (χ3n) is 4.79. The van der Waals surface area contributed by atoms with Crippen LogP contribution in [0.15, 0.2) is 48.8 Å². The highest BCUT2D eigenvalue weighted by Crippen LogP contribution is 2.26. The van der Waals surface area contributed by atoms with E-state index < -0.39 is 0 Å². The minimum Gasteiger partial charge on any atom is -0.377 e. The number of aryl methyl sites for hydroxylation is 1. The van der Waals surface area contributed by atoms with Crippen molar-refractivity contribution in [3.63, 3.8) is 0 Å². The van der Waals surface area contributed by atoms with Gasteiger partial charge in [-0.1, -0.05) is 18.2 Å². The number of hydrogen-bond acceptors (Lipinski definition) is 2. The Morgan fingerprint density at radius 2 is 2.17 bits per heavy atom. The second-order valence-electron chi connectivity index (χ2n) is 6.26. The van der Waals surface area contributed by atoms with Gasteiger partial charge in [-0.2, -0.15) is 0 Å². The van der Waals surface area contributed by atoms with Crippen molar-refractivity contribution in [1.29, 1.82) is 0 Å². The summed E-state index contributed by atoms with van der Waals surface area (Å²) in [6, 6.07) is 12.1. The fourth-order valence-corrected chi connectivity index (χ4v) is 3.51. The number of nitrogens with one attached hydrogen (secondary N) is 1. The van der Waals surface area contributed by atoms with E-state index in [1.165, 1.54) is 0 Å². The molecule has 3 heterocycles. The molecule has 0 aliphatic carbocycles. The molecule has 1 unspecified atom stereocenters. The van der Waals surface area contributed by atoms with Crippen molar-refractivity contribution in [1.82, 2.24) is 14.5 Å². The van der Waals surface area contributed by atoms with Gasteiger partial charge in [-0.3, -0.25) is 4.79 Å². The highest BCUT2D eigenvalue weighted by Gasteiger charge is 2.30. The van der Waals surface area contributed by atoms with Gasteiger partial charge in [-0.25, -0.2) is 0 Å². The van der Waals surface area contributed by atoms with Crippen LogP contribution in [-0.2, 0) is 23.0 Å². The van der Waals surface area contributed by atoms with Crippen LogP contribution in [0.4, 0.5) is 0 Å². The van der Waals surface area contributed by atoms with Gasteiger partial charge >= 0.3 is 0 Å². The average molecular weight is 323 g/mol. The van der Waals surface area contributed by atoms with Crippen LogP contribution in [0.5, 0.6) is 0 Å². The molecule has 1 N–H and O–H groups in total. The number of H-pyrrole nitrogens is 1. The maximum Gasteiger partial charge on any atom is 0.227 e. The van der Waals surface area contributed by atoms with E-state index in [-0.39, 0.29) is 11.9 Å². The molecule has 3 aromatic rings. The number of carbonyl (C=O) groups excluding carboxylic acids is 1. The van der Waals surface area contributed by atoms with Crippen molar-refractivity contribution in [3.8, 4) is 0 Å². The molecule has 0 radical (unpaired) electrons. The van der Waals surface area contributed by atoms with Crippen LogP contribution in [0.1, 0.15) is 17.3 Å². The Bertz CT molecular complexity index is 864. The molecule has 0 spiro atoms. The molecule has 5 nitrogen and oxygen atoms in total. The minimum atomic E-state index is -0.0172. The summed E-state index contributed by atoms with van der Waals surface area (Å²) in [5.74, 6) is 0.147. The van der Waals surface area contributed by atoms with E-state index in [2.05, 4.69) is 21.7 Å². The summed E-state index contributed by atoms with van der Waals surface area (Å²) in [5, 5.41) is 1.12. The Balaban J connectivity index is 1.59. The first kappa shape index (κ1) is 15.0. The van der Waals surface area contributed by atoms with Gasteiger partial charge < -0.3 is 19.2 Å². The summed E-state index contributed by atoms with van der Waals surface area (Å²) >= 11 is 0. The molecule has 1 aromatic carbocycles. The van der Waals surface area contributed by atoms with Crippen LogP contribution in [-0.4, -0.2) is 40.1 Å². The molecule has 0 bridgehead atoms. The molecule has 1 aliphatic heterocycles. The van der Waals surface area contributed by atoms with Crippen LogP contribution < -0.4 is 0 Å². The molecular formula is C19H21N3O2. The number of rotatable bonds is 3. The predicted molar refractivity (Wildman–Crippen MR) is 92.7 cm³/mol. The Labute approximate surface area is 140 Å². The Morgan fingerprint density at radius 3 is 3.00 bits per heavy atom. The van der Waals surface area contributed by atoms with Crippen LogP contribution in [0.25, 0.3) is 10.9 Å². The quantitative estimate of drug-likeness (QED) is 0.805. The Kier molecular flexibility index (Phi) is 3.86. The second-order valence-corrected chi connectivity index (χ2v) is 6.26. The van der Waals surface area contributed by atoms with E-state index in [9.17, 15) is 4.79 Å². The van der Waals surface area contributed by atoms with Gasteiger partial charge in [0.1, 0.15) is 0 Å². The van der Waals surface area contributed by atoms with Crippen molar-refractivity contribution >= 4 is 16.8 Å². The number of aromatic nitrogens is 2. The summed E-state index contributed by atoms with van der Waals surface area (Å²) < 4.78 is 7.69. The lowest BCUT2D eigenvalue weighted by atomic mass is 10.1. The van der Waals surface area contributed by atoms with Gasteiger partial charge in [-0.05, 0) is 23.8 Å². The number of para-hydroxylation sites is 1. The summed E-state index contributed by atoms with van der Waals surface area (Å²) in [5.41, 5.74) is 3.23. The molecule has 4 rings (SSSR count). The Morgan fingerprint density at radius 1 is 1.29 bits per heavy atom. The van der Waals surface area contributed by atoms with Crippen LogP contribution in [0, 0.1) is 0 Å². The van der Waals surface area contributed by atoms with Gasteiger partial charge in [0.25, 0.3) is 0 Å².